The van der Waals surface area contributed by atoms with E-state index < -0.39 is 22.0 Å². The SMILES string of the molecule is CCCNC(=O)c1ccccc1NC(=O)C1CN(S(=O)(=O)c2ccc(Cl)cc2)c2ccccc2O1. The third kappa shape index (κ3) is 5.26. The number of fused-ring (bicyclic) bond motifs is 1. The molecule has 10 heteroatoms. The predicted molar refractivity (Wildman–Crippen MR) is 135 cm³/mol. The van der Waals surface area contributed by atoms with Crippen molar-refractivity contribution < 1.29 is 22.7 Å². The molecule has 0 bridgehead atoms. The van der Waals surface area contributed by atoms with Crippen LogP contribution in [0.25, 0.3) is 0 Å². The van der Waals surface area contributed by atoms with Gasteiger partial charge in [0, 0.05) is 11.6 Å². The minimum absolute atomic E-state index is 0.0377. The Kier molecular flexibility index (Phi) is 7.28. The molecule has 1 aliphatic heterocycles. The summed E-state index contributed by atoms with van der Waals surface area (Å²) in [6, 6.07) is 19.0. The maximum Gasteiger partial charge on any atom is 0.267 e. The molecule has 1 heterocycles. The van der Waals surface area contributed by atoms with Gasteiger partial charge >= 0.3 is 0 Å². The number of benzene rings is 3. The van der Waals surface area contributed by atoms with Gasteiger partial charge in [0.2, 0.25) is 0 Å². The first-order valence-electron chi connectivity index (χ1n) is 11.0. The van der Waals surface area contributed by atoms with Crippen molar-refractivity contribution in [2.24, 2.45) is 0 Å². The number of sulfonamides is 1. The number of anilines is 2. The molecule has 0 spiro atoms. The van der Waals surface area contributed by atoms with E-state index in [9.17, 15) is 18.0 Å². The highest BCUT2D eigenvalue weighted by Crippen LogP contribution is 2.37. The van der Waals surface area contributed by atoms with E-state index >= 15 is 0 Å². The van der Waals surface area contributed by atoms with E-state index in [4.69, 9.17) is 16.3 Å². The number of carbonyl (C=O) groups excluding carboxylic acids is 2. The van der Waals surface area contributed by atoms with E-state index in [1.807, 2.05) is 6.92 Å². The second-order valence-electron chi connectivity index (χ2n) is 7.86. The van der Waals surface area contributed by atoms with Crippen LogP contribution >= 0.6 is 11.6 Å². The number of carbonyl (C=O) groups is 2. The second-order valence-corrected chi connectivity index (χ2v) is 10.2. The summed E-state index contributed by atoms with van der Waals surface area (Å²) in [6.45, 7) is 2.19. The lowest BCUT2D eigenvalue weighted by Gasteiger charge is -2.34. The van der Waals surface area contributed by atoms with Crippen LogP contribution in [0.3, 0.4) is 0 Å². The van der Waals surface area contributed by atoms with Gasteiger partial charge in [-0.05, 0) is 55.0 Å². The predicted octanol–water partition coefficient (Wildman–Crippen LogP) is 4.07. The van der Waals surface area contributed by atoms with Gasteiger partial charge in [0.15, 0.2) is 6.10 Å². The van der Waals surface area contributed by atoms with Crippen molar-refractivity contribution in [3.05, 3.63) is 83.4 Å². The lowest BCUT2D eigenvalue weighted by atomic mass is 10.1. The molecule has 8 nitrogen and oxygen atoms in total. The van der Waals surface area contributed by atoms with Crippen LogP contribution in [-0.2, 0) is 14.8 Å². The Morgan fingerprint density at radius 1 is 1.03 bits per heavy atom. The second kappa shape index (κ2) is 10.4. The van der Waals surface area contributed by atoms with Crippen molar-refractivity contribution in [1.82, 2.24) is 5.32 Å². The van der Waals surface area contributed by atoms with Gasteiger partial charge < -0.3 is 15.4 Å². The highest BCUT2D eigenvalue weighted by Gasteiger charge is 2.37. The topological polar surface area (TPSA) is 105 Å². The van der Waals surface area contributed by atoms with E-state index in [0.29, 0.717) is 28.5 Å². The minimum atomic E-state index is -4.01. The van der Waals surface area contributed by atoms with E-state index in [-0.39, 0.29) is 23.1 Å². The van der Waals surface area contributed by atoms with Gasteiger partial charge in [-0.2, -0.15) is 0 Å². The Bertz CT molecular complexity index is 1350. The first-order chi connectivity index (χ1) is 16.8. The standard InChI is InChI=1S/C25H24ClN3O5S/c1-2-15-27-24(30)19-7-3-4-8-20(19)28-25(31)23-16-29(21-9-5-6-10-22(21)34-23)35(32,33)18-13-11-17(26)12-14-18/h3-14,23H,2,15-16H2,1H3,(H,27,30)(H,28,31). The highest BCUT2D eigenvalue weighted by atomic mass is 35.5. The Morgan fingerprint density at radius 2 is 1.71 bits per heavy atom. The number of nitrogens with one attached hydrogen (secondary N) is 2. The smallest absolute Gasteiger partial charge is 0.267 e. The van der Waals surface area contributed by atoms with Crippen molar-refractivity contribution in [3.8, 4) is 5.75 Å². The average Bonchev–Trinajstić information content (AvgIpc) is 2.87. The first-order valence-corrected chi connectivity index (χ1v) is 12.8. The summed E-state index contributed by atoms with van der Waals surface area (Å²) in [5.41, 5.74) is 0.933. The van der Waals surface area contributed by atoms with Gasteiger partial charge in [-0.1, -0.05) is 42.8 Å². The number of ether oxygens (including phenoxy) is 1. The van der Waals surface area contributed by atoms with Gasteiger partial charge in [0.1, 0.15) is 5.75 Å². The molecule has 3 aromatic rings. The van der Waals surface area contributed by atoms with Crippen LogP contribution < -0.4 is 19.7 Å². The number of halogens is 1. The molecular formula is C25H24ClN3O5S. The molecule has 0 saturated carbocycles. The number of nitrogens with zero attached hydrogens (tertiary/aromatic N) is 1. The lowest BCUT2D eigenvalue weighted by molar-refractivity contribution is -0.122. The van der Waals surface area contributed by atoms with Crippen molar-refractivity contribution in [2.75, 3.05) is 22.7 Å². The van der Waals surface area contributed by atoms with Crippen LogP contribution in [-0.4, -0.2) is 39.4 Å². The Balaban J connectivity index is 1.62. The summed E-state index contributed by atoms with van der Waals surface area (Å²) >= 11 is 5.92. The zero-order chi connectivity index (χ0) is 25.0. The number of hydrogen-bond acceptors (Lipinski definition) is 5. The van der Waals surface area contributed by atoms with Crippen LogP contribution in [0.1, 0.15) is 23.7 Å². The Hall–Kier alpha value is -3.56. The van der Waals surface area contributed by atoms with E-state index in [1.54, 1.807) is 48.5 Å². The molecule has 0 radical (unpaired) electrons. The fourth-order valence-electron chi connectivity index (χ4n) is 3.64. The zero-order valence-electron chi connectivity index (χ0n) is 18.9. The Labute approximate surface area is 208 Å². The molecule has 2 amide bonds. The summed E-state index contributed by atoms with van der Waals surface area (Å²) in [5.74, 6) is -0.637. The average molecular weight is 514 g/mol. The molecule has 1 atom stereocenters. The molecule has 4 rings (SSSR count). The zero-order valence-corrected chi connectivity index (χ0v) is 20.5. The molecule has 0 fully saturated rings. The number of amides is 2. The fraction of sp³-hybridized carbons (Fsp3) is 0.200. The van der Waals surface area contributed by atoms with Gasteiger partial charge in [0.05, 0.1) is 28.4 Å². The van der Waals surface area contributed by atoms with Crippen molar-refractivity contribution in [2.45, 2.75) is 24.3 Å². The van der Waals surface area contributed by atoms with Crippen molar-refractivity contribution in [3.63, 3.8) is 0 Å². The molecule has 1 unspecified atom stereocenters. The summed E-state index contributed by atoms with van der Waals surface area (Å²) in [6.07, 6.45) is -0.383. The highest BCUT2D eigenvalue weighted by molar-refractivity contribution is 7.92. The molecule has 35 heavy (non-hydrogen) atoms. The van der Waals surface area contributed by atoms with Gasteiger partial charge in [-0.15, -0.1) is 0 Å². The Morgan fingerprint density at radius 3 is 2.46 bits per heavy atom. The molecule has 0 saturated heterocycles. The summed E-state index contributed by atoms with van der Waals surface area (Å²) in [7, 11) is -4.01. The van der Waals surface area contributed by atoms with Crippen molar-refractivity contribution in [1.29, 1.82) is 0 Å². The van der Waals surface area contributed by atoms with E-state index in [1.165, 1.54) is 24.3 Å². The molecule has 182 valence electrons. The minimum Gasteiger partial charge on any atom is -0.476 e. The summed E-state index contributed by atoms with van der Waals surface area (Å²) < 4.78 is 34.0. The lowest BCUT2D eigenvalue weighted by Crippen LogP contribution is -2.49. The van der Waals surface area contributed by atoms with Crippen LogP contribution in [0.4, 0.5) is 11.4 Å². The third-order valence-electron chi connectivity index (χ3n) is 5.39. The summed E-state index contributed by atoms with van der Waals surface area (Å²) in [5, 5.41) is 5.92. The molecule has 2 N–H and O–H groups in total. The number of hydrogen-bond donors (Lipinski definition) is 2. The van der Waals surface area contributed by atoms with E-state index in [0.717, 1.165) is 10.7 Å². The molecule has 1 aliphatic rings. The van der Waals surface area contributed by atoms with Crippen LogP contribution in [0.5, 0.6) is 5.75 Å². The van der Waals surface area contributed by atoms with E-state index in [2.05, 4.69) is 10.6 Å². The monoisotopic (exact) mass is 513 g/mol. The summed E-state index contributed by atoms with van der Waals surface area (Å²) in [4.78, 5) is 25.8. The molecule has 0 aromatic heterocycles. The molecule has 3 aromatic carbocycles. The quantitative estimate of drug-likeness (QED) is 0.495. The first kappa shape index (κ1) is 24.6. The molecule has 0 aliphatic carbocycles. The maximum atomic E-state index is 13.5. The molecular weight excluding hydrogens is 490 g/mol. The van der Waals surface area contributed by atoms with Crippen LogP contribution in [0.15, 0.2) is 77.7 Å². The number of rotatable bonds is 7. The van der Waals surface area contributed by atoms with Gasteiger partial charge in [-0.3, -0.25) is 13.9 Å². The third-order valence-corrected chi connectivity index (χ3v) is 7.44. The fourth-order valence-corrected chi connectivity index (χ4v) is 5.24. The van der Waals surface area contributed by atoms with Crippen LogP contribution in [0, 0.1) is 0 Å². The van der Waals surface area contributed by atoms with Gasteiger partial charge in [-0.25, -0.2) is 8.42 Å². The van der Waals surface area contributed by atoms with Gasteiger partial charge in [0.25, 0.3) is 21.8 Å². The van der Waals surface area contributed by atoms with Crippen molar-refractivity contribution >= 4 is 44.8 Å². The maximum absolute atomic E-state index is 13.5. The number of para-hydroxylation sites is 3. The normalized spacial score (nSPS) is 15.0. The largest absolute Gasteiger partial charge is 0.476 e. The van der Waals surface area contributed by atoms with Crippen LogP contribution in [0.2, 0.25) is 5.02 Å².